The molecule has 0 aromatic heterocycles. The molecule has 2 bridgehead atoms. The lowest BCUT2D eigenvalue weighted by Gasteiger charge is -2.45. The van der Waals surface area contributed by atoms with Crippen molar-refractivity contribution in [2.24, 2.45) is 0 Å². The molecule has 3 nitrogen and oxygen atoms in total. The first kappa shape index (κ1) is 18.2. The Balaban J connectivity index is 1.43. The largest absolute Gasteiger partial charge is 0.457 e. The third-order valence-corrected chi connectivity index (χ3v) is 5.75. The van der Waals surface area contributed by atoms with Gasteiger partial charge in [0.1, 0.15) is 11.5 Å². The molecule has 2 aliphatic heterocycles. The summed E-state index contributed by atoms with van der Waals surface area (Å²) in [4.78, 5) is 2.59. The smallest absolute Gasteiger partial charge is 0.134 e. The number of morpholine rings is 1. The Hall–Kier alpha value is -2.88. The molecule has 3 aromatic rings. The summed E-state index contributed by atoms with van der Waals surface area (Å²) < 4.78 is 12.1. The minimum Gasteiger partial charge on any atom is -0.457 e. The van der Waals surface area contributed by atoms with Gasteiger partial charge in [-0.15, -0.1) is 0 Å². The fourth-order valence-electron chi connectivity index (χ4n) is 4.34. The fourth-order valence-corrected chi connectivity index (χ4v) is 4.34. The van der Waals surface area contributed by atoms with Crippen molar-refractivity contribution in [1.29, 1.82) is 0 Å². The van der Waals surface area contributed by atoms with Crippen molar-refractivity contribution in [2.75, 3.05) is 13.2 Å². The van der Waals surface area contributed by atoms with E-state index in [9.17, 15) is 0 Å². The zero-order valence-electron chi connectivity index (χ0n) is 16.4. The van der Waals surface area contributed by atoms with Crippen molar-refractivity contribution in [2.45, 2.75) is 25.0 Å². The van der Waals surface area contributed by atoms with Crippen molar-refractivity contribution in [3.05, 3.63) is 102 Å². The van der Waals surface area contributed by atoms with Crippen molar-refractivity contribution in [1.82, 2.24) is 4.90 Å². The van der Waals surface area contributed by atoms with Gasteiger partial charge in [-0.25, -0.2) is 0 Å². The lowest BCUT2D eigenvalue weighted by Crippen LogP contribution is -2.53. The van der Waals surface area contributed by atoms with Crippen LogP contribution in [0.25, 0.3) is 5.57 Å². The molecule has 3 aromatic carbocycles. The van der Waals surface area contributed by atoms with Crippen LogP contribution in [0, 0.1) is 0 Å². The van der Waals surface area contributed by atoms with Gasteiger partial charge in [-0.1, -0.05) is 72.8 Å². The lowest BCUT2D eigenvalue weighted by molar-refractivity contribution is -0.0402. The Bertz CT molecular complexity index is 984. The van der Waals surface area contributed by atoms with Crippen LogP contribution in [0.5, 0.6) is 11.5 Å². The number of ether oxygens (including phenoxy) is 2. The number of hydrogen-bond acceptors (Lipinski definition) is 3. The highest BCUT2D eigenvalue weighted by Crippen LogP contribution is 2.38. The molecule has 2 heterocycles. The van der Waals surface area contributed by atoms with Gasteiger partial charge in [-0.2, -0.15) is 0 Å². The van der Waals surface area contributed by atoms with E-state index in [1.165, 1.54) is 16.7 Å². The van der Waals surface area contributed by atoms with Gasteiger partial charge in [0.05, 0.1) is 19.3 Å². The molecule has 0 N–H and O–H groups in total. The van der Waals surface area contributed by atoms with Crippen LogP contribution in [0.2, 0.25) is 0 Å². The Morgan fingerprint density at radius 3 is 2.34 bits per heavy atom. The summed E-state index contributed by atoms with van der Waals surface area (Å²) in [6.07, 6.45) is 3.35. The van der Waals surface area contributed by atoms with Gasteiger partial charge in [0.2, 0.25) is 0 Å². The minimum absolute atomic E-state index is 0.294. The van der Waals surface area contributed by atoms with E-state index in [0.717, 1.165) is 37.7 Å². The van der Waals surface area contributed by atoms with E-state index in [1.54, 1.807) is 0 Å². The first-order chi connectivity index (χ1) is 14.4. The zero-order chi connectivity index (χ0) is 19.5. The third kappa shape index (κ3) is 3.98. The standard InChI is InChI=1S/C26H25NO2/c1-3-9-20(10-4-1)17-27-22-15-21(16-23(27)19-28-18-22)25-13-7-8-14-26(25)29-24-11-5-2-6-12-24/h1-15,22-23H,16-19H2. The summed E-state index contributed by atoms with van der Waals surface area (Å²) >= 11 is 0. The quantitative estimate of drug-likeness (QED) is 0.578. The summed E-state index contributed by atoms with van der Waals surface area (Å²) in [5.74, 6) is 1.78. The lowest BCUT2D eigenvalue weighted by atomic mass is 9.89. The molecule has 146 valence electrons. The maximum absolute atomic E-state index is 6.22. The van der Waals surface area contributed by atoms with E-state index in [2.05, 4.69) is 59.5 Å². The van der Waals surface area contributed by atoms with E-state index in [4.69, 9.17) is 9.47 Å². The van der Waals surface area contributed by atoms with E-state index < -0.39 is 0 Å². The van der Waals surface area contributed by atoms with Crippen molar-refractivity contribution < 1.29 is 9.47 Å². The predicted octanol–water partition coefficient (Wildman–Crippen LogP) is 5.54. The number of benzene rings is 3. The van der Waals surface area contributed by atoms with E-state index in [0.29, 0.717) is 12.1 Å². The van der Waals surface area contributed by atoms with E-state index in [-0.39, 0.29) is 0 Å². The van der Waals surface area contributed by atoms with E-state index in [1.807, 2.05) is 36.4 Å². The molecule has 0 aliphatic carbocycles. The summed E-state index contributed by atoms with van der Waals surface area (Å²) in [5.41, 5.74) is 3.90. The summed E-state index contributed by atoms with van der Waals surface area (Å²) in [7, 11) is 0. The fraction of sp³-hybridized carbons (Fsp3) is 0.231. The highest BCUT2D eigenvalue weighted by atomic mass is 16.5. The highest BCUT2D eigenvalue weighted by molar-refractivity contribution is 5.72. The molecule has 0 saturated carbocycles. The molecular formula is C26H25NO2. The highest BCUT2D eigenvalue weighted by Gasteiger charge is 2.35. The Kier molecular flexibility index (Phi) is 5.16. The van der Waals surface area contributed by atoms with Crippen molar-refractivity contribution in [3.63, 3.8) is 0 Å². The molecular weight excluding hydrogens is 358 g/mol. The predicted molar refractivity (Wildman–Crippen MR) is 116 cm³/mol. The molecule has 29 heavy (non-hydrogen) atoms. The maximum atomic E-state index is 6.22. The van der Waals surface area contributed by atoms with Gasteiger partial charge in [-0.3, -0.25) is 4.90 Å². The first-order valence-electron chi connectivity index (χ1n) is 10.3. The molecule has 1 fully saturated rings. The number of para-hydroxylation sites is 2. The van der Waals surface area contributed by atoms with Crippen LogP contribution < -0.4 is 4.74 Å². The van der Waals surface area contributed by atoms with Crippen LogP contribution in [-0.4, -0.2) is 30.2 Å². The SMILES string of the molecule is C1=C(c2ccccc2Oc2ccccc2)CC2COCC1N2Cc1ccccc1. The minimum atomic E-state index is 0.294. The van der Waals surface area contributed by atoms with Crippen molar-refractivity contribution >= 4 is 5.57 Å². The first-order valence-corrected chi connectivity index (χ1v) is 10.3. The summed E-state index contributed by atoms with van der Waals surface area (Å²) in [6.45, 7) is 2.49. The normalized spacial score (nSPS) is 21.4. The monoisotopic (exact) mass is 383 g/mol. The second kappa shape index (κ2) is 8.24. The number of fused-ring (bicyclic) bond motifs is 2. The maximum Gasteiger partial charge on any atom is 0.134 e. The summed E-state index contributed by atoms with van der Waals surface area (Å²) in [5, 5.41) is 0. The van der Waals surface area contributed by atoms with Crippen LogP contribution in [0.3, 0.4) is 0 Å². The Morgan fingerprint density at radius 2 is 1.55 bits per heavy atom. The van der Waals surface area contributed by atoms with Crippen LogP contribution >= 0.6 is 0 Å². The van der Waals surface area contributed by atoms with E-state index >= 15 is 0 Å². The Labute approximate surface area is 172 Å². The molecule has 0 radical (unpaired) electrons. The van der Waals surface area contributed by atoms with Crippen LogP contribution in [-0.2, 0) is 11.3 Å². The molecule has 2 atom stereocenters. The van der Waals surface area contributed by atoms with Crippen molar-refractivity contribution in [3.8, 4) is 11.5 Å². The molecule has 0 spiro atoms. The van der Waals surface area contributed by atoms with Gasteiger partial charge in [0, 0.05) is 18.2 Å². The van der Waals surface area contributed by atoms with Gasteiger partial charge < -0.3 is 9.47 Å². The molecule has 1 saturated heterocycles. The van der Waals surface area contributed by atoms with Gasteiger partial charge in [-0.05, 0) is 35.8 Å². The second-order valence-corrected chi connectivity index (χ2v) is 7.72. The Morgan fingerprint density at radius 1 is 0.828 bits per heavy atom. The molecule has 2 aliphatic rings. The van der Waals surface area contributed by atoms with Crippen LogP contribution in [0.4, 0.5) is 0 Å². The average Bonchev–Trinajstić information content (AvgIpc) is 2.75. The number of hydrogen-bond donors (Lipinski definition) is 0. The molecule has 5 rings (SSSR count). The zero-order valence-corrected chi connectivity index (χ0v) is 16.4. The average molecular weight is 383 g/mol. The van der Waals surface area contributed by atoms with Gasteiger partial charge in [0.15, 0.2) is 0 Å². The third-order valence-electron chi connectivity index (χ3n) is 5.75. The number of rotatable bonds is 5. The van der Waals surface area contributed by atoms with Gasteiger partial charge >= 0.3 is 0 Å². The second-order valence-electron chi connectivity index (χ2n) is 7.72. The van der Waals surface area contributed by atoms with Crippen LogP contribution in [0.15, 0.2) is 91.0 Å². The van der Waals surface area contributed by atoms with Gasteiger partial charge in [0.25, 0.3) is 0 Å². The topological polar surface area (TPSA) is 21.7 Å². The van der Waals surface area contributed by atoms with Crippen LogP contribution in [0.1, 0.15) is 17.5 Å². The molecule has 0 amide bonds. The molecule has 3 heteroatoms. The number of nitrogens with zero attached hydrogens (tertiary/aromatic N) is 1. The molecule has 2 unspecified atom stereocenters. The summed E-state index contributed by atoms with van der Waals surface area (Å²) in [6, 6.07) is 29.8.